The van der Waals surface area contributed by atoms with Gasteiger partial charge in [-0.2, -0.15) is 13.2 Å². The summed E-state index contributed by atoms with van der Waals surface area (Å²) < 4.78 is 52.6. The van der Waals surface area contributed by atoms with Crippen molar-refractivity contribution in [2.24, 2.45) is 10.7 Å². The Balaban J connectivity index is 0.000000401. The molecule has 0 saturated carbocycles. The normalized spacial score (nSPS) is 11.1. The quantitative estimate of drug-likeness (QED) is 0.0444. The zero-order chi connectivity index (χ0) is 39.5. The highest BCUT2D eigenvalue weighted by atomic mass is 35.5. The van der Waals surface area contributed by atoms with Crippen LogP contribution in [0.5, 0.6) is 0 Å². The van der Waals surface area contributed by atoms with E-state index in [2.05, 4.69) is 20.9 Å². The highest BCUT2D eigenvalue weighted by molar-refractivity contribution is 6.31. The average molecular weight is 766 g/mol. The molecule has 0 aliphatic carbocycles. The summed E-state index contributed by atoms with van der Waals surface area (Å²) in [7, 11) is 3.39. The molecule has 17 heteroatoms. The number of aliphatic carboxylic acids is 1. The molecule has 0 radical (unpaired) electrons. The topological polar surface area (TPSA) is 191 Å². The van der Waals surface area contributed by atoms with Crippen molar-refractivity contribution in [3.05, 3.63) is 106 Å². The van der Waals surface area contributed by atoms with E-state index in [1.165, 1.54) is 43.6 Å². The van der Waals surface area contributed by atoms with E-state index >= 15 is 0 Å². The average Bonchev–Trinajstić information content (AvgIpc) is 3.14. The van der Waals surface area contributed by atoms with Crippen molar-refractivity contribution >= 4 is 53.3 Å². The summed E-state index contributed by atoms with van der Waals surface area (Å²) in [6, 6.07) is 15.7. The number of carboxylic acid groups (broad SMARTS) is 1. The number of likely N-dealkylation sites (N-methyl/N-ethyl adjacent to an activating group) is 1. The number of hydrogen-bond donors (Lipinski definition) is 5. The summed E-state index contributed by atoms with van der Waals surface area (Å²) in [4.78, 5) is 47.5. The van der Waals surface area contributed by atoms with Gasteiger partial charge < -0.3 is 41.0 Å². The molecular weight excluding hydrogens is 723 g/mol. The Bertz CT molecular complexity index is 1640. The molecule has 0 fully saturated rings. The summed E-state index contributed by atoms with van der Waals surface area (Å²) in [6.45, 7) is 3.73. The molecule has 0 aliphatic heterocycles. The first-order chi connectivity index (χ1) is 25.3. The van der Waals surface area contributed by atoms with Crippen LogP contribution in [-0.2, 0) is 25.2 Å². The number of ether oxygens (including phenoxy) is 3. The first kappa shape index (κ1) is 45.9. The number of carboxylic acids is 1. The van der Waals surface area contributed by atoms with Gasteiger partial charge in [-0.3, -0.25) is 24.2 Å². The summed E-state index contributed by atoms with van der Waals surface area (Å²) in [6.07, 6.45) is -0.143. The minimum absolute atomic E-state index is 0.0349. The molecule has 3 aromatic carbocycles. The zero-order valence-corrected chi connectivity index (χ0v) is 29.9. The largest absolute Gasteiger partial charge is 0.481 e. The van der Waals surface area contributed by atoms with Gasteiger partial charge in [0, 0.05) is 47.2 Å². The standard InChI is InChI=1S/C15H10ClNO3.C11H12F3N3.C10H21NO5/c16-13-4-5-14(12(7-13)9-19)17-15(20)11-3-1-2-10(6-11)8-18;1-16-10(15)5-6-17-9-4-2-3-8(7-9)11(12,13)14;1-11-3-5-15-7-9-16-8-6-14-4-2-10(12)13/h1-9H,(H,17,20);2-7,17H,1H3,(H2,15,16);11H,2-9H2,1H3,(H,12,13)/b;6-5-;. The van der Waals surface area contributed by atoms with Crippen LogP contribution in [0.3, 0.4) is 0 Å². The zero-order valence-electron chi connectivity index (χ0n) is 29.2. The van der Waals surface area contributed by atoms with E-state index in [1.807, 2.05) is 7.05 Å². The molecule has 0 unspecified atom stereocenters. The van der Waals surface area contributed by atoms with Crippen molar-refractivity contribution < 1.29 is 51.7 Å². The predicted molar refractivity (Wildman–Crippen MR) is 197 cm³/mol. The molecule has 53 heavy (non-hydrogen) atoms. The molecule has 0 bridgehead atoms. The van der Waals surface area contributed by atoms with Gasteiger partial charge in [-0.1, -0.05) is 29.8 Å². The molecule has 0 atom stereocenters. The van der Waals surface area contributed by atoms with Crippen LogP contribution in [-0.4, -0.2) is 95.7 Å². The van der Waals surface area contributed by atoms with Gasteiger partial charge in [-0.15, -0.1) is 0 Å². The molecule has 1 amide bonds. The lowest BCUT2D eigenvalue weighted by Crippen LogP contribution is -2.16. The first-order valence-corrected chi connectivity index (χ1v) is 16.3. The fourth-order valence-electron chi connectivity index (χ4n) is 3.65. The Morgan fingerprint density at radius 1 is 0.906 bits per heavy atom. The van der Waals surface area contributed by atoms with E-state index in [0.717, 1.165) is 18.7 Å². The molecule has 3 aromatic rings. The molecule has 0 saturated heterocycles. The second kappa shape index (κ2) is 26.6. The van der Waals surface area contributed by atoms with Crippen molar-refractivity contribution in [2.45, 2.75) is 12.6 Å². The number of alkyl halides is 3. The van der Waals surface area contributed by atoms with E-state index in [-0.39, 0.29) is 24.4 Å². The number of nitrogens with one attached hydrogen (secondary N) is 3. The molecule has 0 aliphatic rings. The lowest BCUT2D eigenvalue weighted by atomic mass is 10.1. The number of carbonyl (C=O) groups excluding carboxylic acids is 3. The summed E-state index contributed by atoms with van der Waals surface area (Å²) in [5.41, 5.74) is 6.41. The van der Waals surface area contributed by atoms with Crippen LogP contribution >= 0.6 is 11.6 Å². The van der Waals surface area contributed by atoms with E-state index in [4.69, 9.17) is 36.7 Å². The Kier molecular flexibility index (Phi) is 23.0. The van der Waals surface area contributed by atoms with Crippen LogP contribution < -0.4 is 21.7 Å². The summed E-state index contributed by atoms with van der Waals surface area (Å²) >= 11 is 5.78. The lowest BCUT2D eigenvalue weighted by molar-refractivity contribution is -0.139. The van der Waals surface area contributed by atoms with Crippen molar-refractivity contribution in [1.82, 2.24) is 5.32 Å². The number of rotatable bonds is 19. The number of hydrogen-bond acceptors (Lipinski definition) is 10. The van der Waals surface area contributed by atoms with Gasteiger partial charge in [-0.25, -0.2) is 0 Å². The molecule has 13 nitrogen and oxygen atoms in total. The number of halogens is 4. The maximum Gasteiger partial charge on any atom is 0.416 e. The van der Waals surface area contributed by atoms with Crippen LogP contribution in [0.15, 0.2) is 84.0 Å². The van der Waals surface area contributed by atoms with Gasteiger partial charge in [0.25, 0.3) is 5.91 Å². The number of benzene rings is 3. The molecule has 6 N–H and O–H groups in total. The number of nitrogens with two attached hydrogens (primary N) is 1. The Labute approximate surface area is 310 Å². The summed E-state index contributed by atoms with van der Waals surface area (Å²) in [5, 5.41) is 17.0. The molecule has 3 rings (SSSR count). The smallest absolute Gasteiger partial charge is 0.416 e. The number of nitrogens with zero attached hydrogens (tertiary/aromatic N) is 1. The lowest BCUT2D eigenvalue weighted by Gasteiger charge is -2.08. The number of carbonyl (C=O) groups is 4. The maximum atomic E-state index is 12.4. The molecule has 0 aromatic heterocycles. The minimum Gasteiger partial charge on any atom is -0.481 e. The minimum atomic E-state index is -4.34. The van der Waals surface area contributed by atoms with Gasteiger partial charge in [0.05, 0.1) is 57.3 Å². The molecule has 0 spiro atoms. The third-order valence-electron chi connectivity index (χ3n) is 6.33. The third-order valence-corrected chi connectivity index (χ3v) is 6.56. The van der Waals surface area contributed by atoms with Crippen molar-refractivity contribution in [3.63, 3.8) is 0 Å². The molecular formula is C36H43ClF3N5O8. The number of amides is 1. The predicted octanol–water partition coefficient (Wildman–Crippen LogP) is 5.57. The SMILES string of the molecule is CN=C(N)/C=C\Nc1cccc(C(F)(F)F)c1.CNCCOCCOCCOCCC(=O)O.O=Cc1cccc(C(=O)Nc2ccc(Cl)cc2C=O)c1. The van der Waals surface area contributed by atoms with Crippen molar-refractivity contribution in [1.29, 1.82) is 0 Å². The monoisotopic (exact) mass is 765 g/mol. The van der Waals surface area contributed by atoms with Crippen LogP contribution in [0.2, 0.25) is 5.02 Å². The highest BCUT2D eigenvalue weighted by Crippen LogP contribution is 2.30. The van der Waals surface area contributed by atoms with E-state index < -0.39 is 23.6 Å². The fourth-order valence-corrected chi connectivity index (χ4v) is 3.83. The second-order valence-electron chi connectivity index (χ2n) is 10.3. The van der Waals surface area contributed by atoms with Crippen LogP contribution in [0, 0.1) is 0 Å². The first-order valence-electron chi connectivity index (χ1n) is 15.9. The van der Waals surface area contributed by atoms with E-state index in [0.29, 0.717) is 73.1 Å². The van der Waals surface area contributed by atoms with E-state index in [9.17, 15) is 32.3 Å². The second-order valence-corrected chi connectivity index (χ2v) is 10.8. The number of anilines is 2. The van der Waals surface area contributed by atoms with Crippen molar-refractivity contribution in [3.8, 4) is 0 Å². The van der Waals surface area contributed by atoms with Crippen LogP contribution in [0.25, 0.3) is 0 Å². The van der Waals surface area contributed by atoms with Crippen LogP contribution in [0.1, 0.15) is 43.1 Å². The highest BCUT2D eigenvalue weighted by Gasteiger charge is 2.30. The number of amidine groups is 1. The Morgan fingerprint density at radius 3 is 2.17 bits per heavy atom. The van der Waals surface area contributed by atoms with Gasteiger partial charge in [0.15, 0.2) is 6.29 Å². The van der Waals surface area contributed by atoms with Crippen LogP contribution in [0.4, 0.5) is 24.5 Å². The third kappa shape index (κ3) is 21.1. The van der Waals surface area contributed by atoms with Gasteiger partial charge in [0.2, 0.25) is 0 Å². The van der Waals surface area contributed by atoms with E-state index in [1.54, 1.807) is 30.3 Å². The summed E-state index contributed by atoms with van der Waals surface area (Å²) in [5.74, 6) is -0.970. The fraction of sp³-hybridized carbons (Fsp3) is 0.306. The van der Waals surface area contributed by atoms with Gasteiger partial charge in [-0.05, 0) is 61.7 Å². The molecule has 0 heterocycles. The number of aldehydes is 2. The van der Waals surface area contributed by atoms with Crippen molar-refractivity contribution in [2.75, 3.05) is 70.9 Å². The Morgan fingerprint density at radius 2 is 1.57 bits per heavy atom. The maximum absolute atomic E-state index is 12.4. The molecule has 288 valence electrons. The van der Waals surface area contributed by atoms with Gasteiger partial charge >= 0.3 is 12.1 Å². The van der Waals surface area contributed by atoms with Gasteiger partial charge in [0.1, 0.15) is 12.1 Å². The number of aliphatic imine (C=N–C) groups is 1. The Hall–Kier alpha value is -5.13.